The van der Waals surface area contributed by atoms with E-state index in [2.05, 4.69) is 12.1 Å². The molecular formula is C15H22O4. The zero-order valence-electron chi connectivity index (χ0n) is 11.8. The molecule has 0 aromatic heterocycles. The highest BCUT2D eigenvalue weighted by Crippen LogP contribution is 2.23. The lowest BCUT2D eigenvalue weighted by Gasteiger charge is -2.17. The highest BCUT2D eigenvalue weighted by Gasteiger charge is 2.32. The molecule has 4 nitrogen and oxygen atoms in total. The SMILES string of the molecule is COCCc1ccc(OCC2COC(C)(C)O2)cc1. The van der Waals surface area contributed by atoms with Crippen molar-refractivity contribution in [2.24, 2.45) is 0 Å². The van der Waals surface area contributed by atoms with Crippen LogP contribution < -0.4 is 4.74 Å². The molecule has 106 valence electrons. The minimum absolute atomic E-state index is 0.00293. The van der Waals surface area contributed by atoms with Gasteiger partial charge in [0.05, 0.1) is 13.2 Å². The lowest BCUT2D eigenvalue weighted by atomic mass is 10.1. The molecule has 1 saturated heterocycles. The lowest BCUT2D eigenvalue weighted by molar-refractivity contribution is -0.141. The lowest BCUT2D eigenvalue weighted by Crippen LogP contribution is -2.25. The Morgan fingerprint density at radius 1 is 1.26 bits per heavy atom. The van der Waals surface area contributed by atoms with Gasteiger partial charge in [-0.05, 0) is 38.0 Å². The maximum absolute atomic E-state index is 5.71. The molecule has 0 saturated carbocycles. The average molecular weight is 266 g/mol. The van der Waals surface area contributed by atoms with Crippen LogP contribution >= 0.6 is 0 Å². The second kappa shape index (κ2) is 6.37. The summed E-state index contributed by atoms with van der Waals surface area (Å²) < 4.78 is 21.9. The molecule has 0 N–H and O–H groups in total. The van der Waals surface area contributed by atoms with Crippen LogP contribution in [0, 0.1) is 0 Å². The Kier molecular flexibility index (Phi) is 4.80. The molecular weight excluding hydrogens is 244 g/mol. The third-order valence-corrected chi connectivity index (χ3v) is 3.02. The number of benzene rings is 1. The van der Waals surface area contributed by atoms with E-state index in [1.807, 2.05) is 26.0 Å². The molecule has 0 radical (unpaired) electrons. The van der Waals surface area contributed by atoms with Crippen LogP contribution in [-0.2, 0) is 20.6 Å². The monoisotopic (exact) mass is 266 g/mol. The fourth-order valence-corrected chi connectivity index (χ4v) is 2.01. The van der Waals surface area contributed by atoms with Gasteiger partial charge >= 0.3 is 0 Å². The Morgan fingerprint density at radius 2 is 2.00 bits per heavy atom. The minimum atomic E-state index is -0.488. The van der Waals surface area contributed by atoms with E-state index in [-0.39, 0.29) is 6.10 Å². The third-order valence-electron chi connectivity index (χ3n) is 3.02. The summed E-state index contributed by atoms with van der Waals surface area (Å²) in [5.74, 6) is 0.368. The Hall–Kier alpha value is -1.10. The van der Waals surface area contributed by atoms with E-state index in [1.54, 1.807) is 7.11 Å². The van der Waals surface area contributed by atoms with Gasteiger partial charge in [0, 0.05) is 7.11 Å². The van der Waals surface area contributed by atoms with E-state index in [9.17, 15) is 0 Å². The Bertz CT molecular complexity index is 386. The largest absolute Gasteiger partial charge is 0.491 e. The Balaban J connectivity index is 1.77. The topological polar surface area (TPSA) is 36.9 Å². The number of hydrogen-bond donors (Lipinski definition) is 0. The van der Waals surface area contributed by atoms with Gasteiger partial charge in [-0.1, -0.05) is 12.1 Å². The number of methoxy groups -OCH3 is 1. The van der Waals surface area contributed by atoms with Crippen LogP contribution in [0.5, 0.6) is 5.75 Å². The maximum atomic E-state index is 5.71. The summed E-state index contributed by atoms with van der Waals surface area (Å²) in [5.41, 5.74) is 1.25. The first kappa shape index (κ1) is 14.3. The highest BCUT2D eigenvalue weighted by atomic mass is 16.7. The summed E-state index contributed by atoms with van der Waals surface area (Å²) in [6.07, 6.45) is 0.924. The van der Waals surface area contributed by atoms with Gasteiger partial charge in [0.25, 0.3) is 0 Å². The van der Waals surface area contributed by atoms with Crippen LogP contribution in [0.15, 0.2) is 24.3 Å². The first-order valence-corrected chi connectivity index (χ1v) is 6.61. The first-order valence-electron chi connectivity index (χ1n) is 6.61. The second-order valence-corrected chi connectivity index (χ2v) is 5.15. The van der Waals surface area contributed by atoms with Crippen molar-refractivity contribution in [1.29, 1.82) is 0 Å². The molecule has 1 atom stereocenters. The van der Waals surface area contributed by atoms with Crippen LogP contribution in [0.1, 0.15) is 19.4 Å². The van der Waals surface area contributed by atoms with E-state index in [0.717, 1.165) is 18.8 Å². The van der Waals surface area contributed by atoms with Gasteiger partial charge in [0.2, 0.25) is 0 Å². The van der Waals surface area contributed by atoms with E-state index in [1.165, 1.54) is 5.56 Å². The van der Waals surface area contributed by atoms with Crippen molar-refractivity contribution in [3.05, 3.63) is 29.8 Å². The second-order valence-electron chi connectivity index (χ2n) is 5.15. The summed E-state index contributed by atoms with van der Waals surface area (Å²) in [4.78, 5) is 0. The first-order chi connectivity index (χ1) is 9.09. The Labute approximate surface area is 114 Å². The van der Waals surface area contributed by atoms with Crippen molar-refractivity contribution >= 4 is 0 Å². The molecule has 1 heterocycles. The van der Waals surface area contributed by atoms with Crippen LogP contribution in [0.3, 0.4) is 0 Å². The van der Waals surface area contributed by atoms with E-state index in [4.69, 9.17) is 18.9 Å². The summed E-state index contributed by atoms with van der Waals surface area (Å²) in [6.45, 7) is 5.66. The van der Waals surface area contributed by atoms with Crippen LogP contribution in [-0.4, -0.2) is 38.8 Å². The van der Waals surface area contributed by atoms with Crippen molar-refractivity contribution < 1.29 is 18.9 Å². The molecule has 1 fully saturated rings. The van der Waals surface area contributed by atoms with Gasteiger partial charge in [-0.3, -0.25) is 0 Å². The van der Waals surface area contributed by atoms with E-state index >= 15 is 0 Å². The standard InChI is InChI=1S/C15H22O4/c1-15(2)18-11-14(19-15)10-17-13-6-4-12(5-7-13)8-9-16-3/h4-7,14H,8-11H2,1-3H3. The summed E-state index contributed by atoms with van der Waals surface area (Å²) in [5, 5.41) is 0. The molecule has 0 bridgehead atoms. The zero-order chi connectivity index (χ0) is 13.7. The predicted molar refractivity (Wildman–Crippen MR) is 72.4 cm³/mol. The van der Waals surface area contributed by atoms with E-state index in [0.29, 0.717) is 13.2 Å². The normalized spacial score (nSPS) is 21.5. The molecule has 4 heteroatoms. The van der Waals surface area contributed by atoms with Crippen molar-refractivity contribution in [2.75, 3.05) is 26.9 Å². The van der Waals surface area contributed by atoms with E-state index < -0.39 is 5.79 Å². The summed E-state index contributed by atoms with van der Waals surface area (Å²) in [7, 11) is 1.71. The molecule has 1 aliphatic heterocycles. The van der Waals surface area contributed by atoms with Crippen molar-refractivity contribution in [3.63, 3.8) is 0 Å². The number of ether oxygens (including phenoxy) is 4. The van der Waals surface area contributed by atoms with Crippen molar-refractivity contribution in [2.45, 2.75) is 32.2 Å². The zero-order valence-corrected chi connectivity index (χ0v) is 11.8. The van der Waals surface area contributed by atoms with Crippen molar-refractivity contribution in [1.82, 2.24) is 0 Å². The van der Waals surface area contributed by atoms with Gasteiger partial charge in [-0.25, -0.2) is 0 Å². The minimum Gasteiger partial charge on any atom is -0.491 e. The fraction of sp³-hybridized carbons (Fsp3) is 0.600. The molecule has 1 aliphatic rings. The molecule has 1 unspecified atom stereocenters. The summed E-state index contributed by atoms with van der Waals surface area (Å²) >= 11 is 0. The summed E-state index contributed by atoms with van der Waals surface area (Å²) in [6, 6.07) is 8.08. The molecule has 0 spiro atoms. The van der Waals surface area contributed by atoms with Crippen LogP contribution in [0.25, 0.3) is 0 Å². The van der Waals surface area contributed by atoms with Gasteiger partial charge in [0.1, 0.15) is 18.5 Å². The highest BCUT2D eigenvalue weighted by molar-refractivity contribution is 5.27. The van der Waals surface area contributed by atoms with Crippen LogP contribution in [0.4, 0.5) is 0 Å². The maximum Gasteiger partial charge on any atom is 0.163 e. The fourth-order valence-electron chi connectivity index (χ4n) is 2.01. The number of hydrogen-bond acceptors (Lipinski definition) is 4. The predicted octanol–water partition coefficient (Wildman–Crippen LogP) is 2.41. The molecule has 1 aromatic rings. The average Bonchev–Trinajstić information content (AvgIpc) is 2.75. The molecule has 0 amide bonds. The molecule has 0 aliphatic carbocycles. The van der Waals surface area contributed by atoms with Crippen LogP contribution in [0.2, 0.25) is 0 Å². The van der Waals surface area contributed by atoms with Gasteiger partial charge in [0.15, 0.2) is 5.79 Å². The number of rotatable bonds is 6. The Morgan fingerprint density at radius 3 is 2.58 bits per heavy atom. The van der Waals surface area contributed by atoms with Crippen molar-refractivity contribution in [3.8, 4) is 5.75 Å². The smallest absolute Gasteiger partial charge is 0.163 e. The third kappa shape index (κ3) is 4.49. The quantitative estimate of drug-likeness (QED) is 0.792. The molecule has 2 rings (SSSR count). The van der Waals surface area contributed by atoms with Gasteiger partial charge < -0.3 is 18.9 Å². The molecule has 1 aromatic carbocycles. The van der Waals surface area contributed by atoms with Gasteiger partial charge in [-0.2, -0.15) is 0 Å². The molecule has 19 heavy (non-hydrogen) atoms. The van der Waals surface area contributed by atoms with Gasteiger partial charge in [-0.15, -0.1) is 0 Å².